The molecule has 108 valence electrons. The largest absolute Gasteiger partial charge is 0.358 e. The van der Waals surface area contributed by atoms with Crippen molar-refractivity contribution in [3.63, 3.8) is 0 Å². The highest BCUT2D eigenvalue weighted by molar-refractivity contribution is 6.88. The molecule has 2 aromatic rings. The number of rotatable bonds is 1. The van der Waals surface area contributed by atoms with Gasteiger partial charge in [0.2, 0.25) is 0 Å². The highest BCUT2D eigenvalue weighted by Gasteiger charge is 2.24. The monoisotopic (exact) mass is 290 g/mol. The first-order valence-corrected chi connectivity index (χ1v) is 10.9. The van der Waals surface area contributed by atoms with Gasteiger partial charge in [-0.25, -0.2) is 4.39 Å². The average molecular weight is 290 g/mol. The summed E-state index contributed by atoms with van der Waals surface area (Å²) in [6.07, 6.45) is 2.04. The number of nitrogens with one attached hydrogen (secondary N) is 1. The minimum Gasteiger partial charge on any atom is -0.358 e. The van der Waals surface area contributed by atoms with Crippen molar-refractivity contribution in [1.29, 1.82) is 0 Å². The van der Waals surface area contributed by atoms with Gasteiger partial charge in [0.05, 0.1) is 8.07 Å². The molecular weight excluding hydrogens is 267 g/mol. The molecule has 0 amide bonds. The lowest BCUT2D eigenvalue weighted by molar-refractivity contribution is 0.352. The first-order chi connectivity index (χ1) is 9.36. The van der Waals surface area contributed by atoms with E-state index in [2.05, 4.69) is 42.6 Å². The molecule has 3 rings (SSSR count). The number of benzene rings is 1. The van der Waals surface area contributed by atoms with Crippen molar-refractivity contribution < 1.29 is 4.39 Å². The summed E-state index contributed by atoms with van der Waals surface area (Å²) in [7, 11) is 0.519. The standard InChI is InChI=1S/C16H23FN2Si/c1-19-7-5-11-12-9-13(17)16(20(2,3)4)10-15(12)18-14(11)6-8-19/h9-10,18H,5-8H2,1-4H3. The Hall–Kier alpha value is -1.13. The van der Waals surface area contributed by atoms with Crippen molar-refractivity contribution in [2.75, 3.05) is 20.1 Å². The van der Waals surface area contributed by atoms with Gasteiger partial charge in [-0.05, 0) is 36.4 Å². The Labute approximate surface area is 121 Å². The molecule has 2 heterocycles. The van der Waals surface area contributed by atoms with E-state index in [-0.39, 0.29) is 5.82 Å². The predicted molar refractivity (Wildman–Crippen MR) is 86.1 cm³/mol. The van der Waals surface area contributed by atoms with Crippen LogP contribution in [0.2, 0.25) is 19.6 Å². The van der Waals surface area contributed by atoms with Crippen LogP contribution in [0.1, 0.15) is 11.3 Å². The second-order valence-electron chi connectivity index (χ2n) is 7.01. The lowest BCUT2D eigenvalue weighted by atomic mass is 10.1. The second-order valence-corrected chi connectivity index (χ2v) is 12.1. The van der Waals surface area contributed by atoms with Crippen LogP contribution in [0.15, 0.2) is 12.1 Å². The zero-order chi connectivity index (χ0) is 14.5. The SMILES string of the molecule is CN1CCc2[nH]c3cc([Si](C)(C)C)c(F)cc3c2CC1. The van der Waals surface area contributed by atoms with E-state index >= 15 is 0 Å². The minimum absolute atomic E-state index is 0.0175. The Morgan fingerprint density at radius 1 is 1.15 bits per heavy atom. The molecule has 2 nitrogen and oxygen atoms in total. The molecule has 4 heteroatoms. The average Bonchev–Trinajstić information content (AvgIpc) is 2.57. The topological polar surface area (TPSA) is 19.0 Å². The van der Waals surface area contributed by atoms with Crippen molar-refractivity contribution in [3.8, 4) is 0 Å². The van der Waals surface area contributed by atoms with Gasteiger partial charge in [-0.3, -0.25) is 0 Å². The third kappa shape index (κ3) is 2.31. The lowest BCUT2D eigenvalue weighted by Gasteiger charge is -2.17. The molecule has 0 bridgehead atoms. The van der Waals surface area contributed by atoms with E-state index in [1.54, 1.807) is 6.07 Å². The molecule has 1 aromatic carbocycles. The fourth-order valence-electron chi connectivity index (χ4n) is 3.12. The smallest absolute Gasteiger partial charge is 0.123 e. The molecular formula is C16H23FN2Si. The molecule has 1 N–H and O–H groups in total. The van der Waals surface area contributed by atoms with Crippen molar-refractivity contribution in [2.45, 2.75) is 32.5 Å². The van der Waals surface area contributed by atoms with Gasteiger partial charge in [0.15, 0.2) is 0 Å². The van der Waals surface area contributed by atoms with Crippen LogP contribution in [0.3, 0.4) is 0 Å². The quantitative estimate of drug-likeness (QED) is 0.800. The molecule has 1 aromatic heterocycles. The Bertz CT molecular complexity index is 655. The maximum atomic E-state index is 14.5. The van der Waals surface area contributed by atoms with E-state index in [0.717, 1.165) is 42.0 Å². The molecule has 20 heavy (non-hydrogen) atoms. The molecule has 0 spiro atoms. The fraction of sp³-hybridized carbons (Fsp3) is 0.500. The highest BCUT2D eigenvalue weighted by atomic mass is 28.3. The number of halogens is 1. The van der Waals surface area contributed by atoms with Crippen LogP contribution in [0.4, 0.5) is 4.39 Å². The van der Waals surface area contributed by atoms with E-state index in [1.807, 2.05) is 0 Å². The van der Waals surface area contributed by atoms with Crippen molar-refractivity contribution >= 4 is 24.2 Å². The highest BCUT2D eigenvalue weighted by Crippen LogP contribution is 2.26. The maximum absolute atomic E-state index is 14.5. The van der Waals surface area contributed by atoms with Crippen LogP contribution in [0.25, 0.3) is 10.9 Å². The Morgan fingerprint density at radius 3 is 2.55 bits per heavy atom. The number of fused-ring (bicyclic) bond motifs is 3. The third-order valence-electron chi connectivity index (χ3n) is 4.38. The zero-order valence-corrected chi connectivity index (χ0v) is 13.8. The van der Waals surface area contributed by atoms with Crippen LogP contribution in [0, 0.1) is 5.82 Å². The van der Waals surface area contributed by atoms with Gasteiger partial charge < -0.3 is 9.88 Å². The summed E-state index contributed by atoms with van der Waals surface area (Å²) in [6.45, 7) is 8.71. The predicted octanol–water partition coefficient (Wildman–Crippen LogP) is 2.88. The summed E-state index contributed by atoms with van der Waals surface area (Å²) in [4.78, 5) is 5.88. The summed E-state index contributed by atoms with van der Waals surface area (Å²) in [5.74, 6) is -0.0175. The number of hydrogen-bond donors (Lipinski definition) is 1. The van der Waals surface area contributed by atoms with E-state index in [1.165, 1.54) is 11.3 Å². The van der Waals surface area contributed by atoms with Crippen molar-refractivity contribution in [2.24, 2.45) is 0 Å². The molecule has 0 fully saturated rings. The van der Waals surface area contributed by atoms with E-state index in [0.29, 0.717) is 0 Å². The Kier molecular flexibility index (Phi) is 3.25. The summed E-state index contributed by atoms with van der Waals surface area (Å²) >= 11 is 0. The molecule has 0 saturated heterocycles. The van der Waals surface area contributed by atoms with Gasteiger partial charge in [0.1, 0.15) is 5.82 Å². The molecule has 1 aliphatic heterocycles. The normalized spacial score (nSPS) is 17.2. The second kappa shape index (κ2) is 4.71. The third-order valence-corrected chi connectivity index (χ3v) is 6.38. The first-order valence-electron chi connectivity index (χ1n) is 7.38. The van der Waals surface area contributed by atoms with Crippen LogP contribution >= 0.6 is 0 Å². The molecule has 0 aliphatic carbocycles. The van der Waals surface area contributed by atoms with Gasteiger partial charge in [-0.2, -0.15) is 0 Å². The Balaban J connectivity index is 2.16. The molecule has 1 aliphatic rings. The van der Waals surface area contributed by atoms with E-state index in [9.17, 15) is 4.39 Å². The van der Waals surface area contributed by atoms with Gasteiger partial charge in [0, 0.05) is 36.1 Å². The molecule has 0 saturated carbocycles. The van der Waals surface area contributed by atoms with Crippen LogP contribution < -0.4 is 5.19 Å². The summed E-state index contributed by atoms with van der Waals surface area (Å²) < 4.78 is 14.5. The first kappa shape index (κ1) is 13.8. The van der Waals surface area contributed by atoms with Crippen LogP contribution in [0.5, 0.6) is 0 Å². The van der Waals surface area contributed by atoms with E-state index < -0.39 is 8.07 Å². The number of H-pyrrole nitrogens is 1. The Morgan fingerprint density at radius 2 is 1.85 bits per heavy atom. The summed E-state index contributed by atoms with van der Waals surface area (Å²) in [5.41, 5.74) is 3.75. The summed E-state index contributed by atoms with van der Waals surface area (Å²) in [5, 5.41) is 2.02. The van der Waals surface area contributed by atoms with Crippen LogP contribution in [-0.2, 0) is 12.8 Å². The van der Waals surface area contributed by atoms with Gasteiger partial charge in [0.25, 0.3) is 0 Å². The summed E-state index contributed by atoms with van der Waals surface area (Å²) in [6, 6.07) is 3.83. The van der Waals surface area contributed by atoms with Gasteiger partial charge in [-0.15, -0.1) is 0 Å². The minimum atomic E-state index is -1.63. The zero-order valence-electron chi connectivity index (χ0n) is 12.8. The number of aromatic nitrogens is 1. The fourth-order valence-corrected chi connectivity index (χ4v) is 4.48. The number of nitrogens with zero attached hydrogens (tertiary/aromatic N) is 1. The van der Waals surface area contributed by atoms with Gasteiger partial charge in [-0.1, -0.05) is 19.6 Å². The van der Waals surface area contributed by atoms with Crippen LogP contribution in [-0.4, -0.2) is 38.1 Å². The number of likely N-dealkylation sites (N-methyl/N-ethyl adjacent to an activating group) is 1. The number of aromatic amines is 1. The molecule has 0 unspecified atom stereocenters. The van der Waals surface area contributed by atoms with Gasteiger partial charge >= 0.3 is 0 Å². The van der Waals surface area contributed by atoms with Crippen molar-refractivity contribution in [3.05, 3.63) is 29.2 Å². The maximum Gasteiger partial charge on any atom is 0.123 e. The van der Waals surface area contributed by atoms with Crippen molar-refractivity contribution in [1.82, 2.24) is 9.88 Å². The molecule has 0 atom stereocenters. The lowest BCUT2D eigenvalue weighted by Crippen LogP contribution is -2.39. The number of hydrogen-bond acceptors (Lipinski definition) is 1. The van der Waals surface area contributed by atoms with E-state index in [4.69, 9.17) is 0 Å². The molecule has 0 radical (unpaired) electrons.